The van der Waals surface area contributed by atoms with Gasteiger partial charge in [0.15, 0.2) is 5.25 Å². The van der Waals surface area contributed by atoms with Crippen molar-refractivity contribution in [3.05, 3.63) is 3.92 Å². The molecule has 168 valence electrons. The molecule has 3 N–H and O–H groups in total. The molecule has 0 heterocycles. The molecule has 29 heavy (non-hydrogen) atoms. The number of rotatable bonds is 16. The maximum absolute atomic E-state index is 10.2. The van der Waals surface area contributed by atoms with Gasteiger partial charge >= 0.3 is 41.5 Å². The maximum Gasteiger partial charge on any atom is 1.00 e. The van der Waals surface area contributed by atoms with Crippen molar-refractivity contribution < 1.29 is 62.3 Å². The van der Waals surface area contributed by atoms with Gasteiger partial charge in [0.2, 0.25) is 0 Å². The van der Waals surface area contributed by atoms with Crippen molar-refractivity contribution in [2.24, 2.45) is 0 Å². The fourth-order valence-corrected chi connectivity index (χ4v) is 3.82. The summed E-state index contributed by atoms with van der Waals surface area (Å²) in [5, 5.41) is 13.9. The van der Waals surface area contributed by atoms with Crippen molar-refractivity contribution in [3.63, 3.8) is 0 Å². The monoisotopic (exact) mass is 558 g/mol. The van der Waals surface area contributed by atoms with E-state index in [1.54, 1.807) is 3.92 Å². The second-order valence-corrected chi connectivity index (χ2v) is 9.91. The van der Waals surface area contributed by atoms with E-state index in [0.717, 1.165) is 0 Å². The van der Waals surface area contributed by atoms with Gasteiger partial charge in [0.05, 0.1) is 6.42 Å². The molecule has 0 aliphatic carbocycles. The molecule has 7 nitrogen and oxygen atoms in total. The summed E-state index contributed by atoms with van der Waals surface area (Å²) >= 11 is 2.57. The first-order valence-corrected chi connectivity index (χ1v) is 12.5. The van der Waals surface area contributed by atoms with Crippen LogP contribution in [0, 0.1) is 3.92 Å². The normalized spacial score (nSPS) is 11.9. The van der Waals surface area contributed by atoms with Gasteiger partial charge in [-0.2, -0.15) is 21.3 Å². The average Bonchev–Trinajstić information content (AvgIpc) is 2.58. The van der Waals surface area contributed by atoms with Gasteiger partial charge in [-0.15, -0.1) is 0 Å². The molecule has 1 unspecified atom stereocenters. The number of unbranched alkanes of at least 4 members (excludes halogenated alkanes) is 8. The first kappa shape index (κ1) is 34.2. The minimum absolute atomic E-state index is 0. The van der Waals surface area contributed by atoms with Crippen LogP contribution in [0.25, 0.3) is 0 Å². The third-order valence-electron chi connectivity index (χ3n) is 4.10. The number of aliphatic carboxylic acids is 2. The number of hydrogen-bond acceptors (Lipinski definition) is 4. The fourth-order valence-electron chi connectivity index (χ4n) is 2.44. The van der Waals surface area contributed by atoms with E-state index in [4.69, 9.17) is 14.8 Å². The summed E-state index contributed by atoms with van der Waals surface area (Å²) in [4.78, 5) is 20.0. The summed E-state index contributed by atoms with van der Waals surface area (Å²) in [6.45, 7) is 4.57. The van der Waals surface area contributed by atoms with Crippen molar-refractivity contribution in [2.75, 3.05) is 0 Å². The van der Waals surface area contributed by atoms with E-state index in [1.807, 2.05) is 0 Å². The van der Waals surface area contributed by atoms with Crippen LogP contribution < -0.4 is 29.6 Å². The Kier molecular flexibility index (Phi) is 25.7. The largest absolute Gasteiger partial charge is 1.00 e. The molecule has 1 atom stereocenters. The fraction of sp³-hybridized carbons (Fsp3) is 0.842. The Hall–Kier alpha value is 0.580. The Morgan fingerprint density at radius 2 is 1.24 bits per heavy atom. The molecule has 0 saturated heterocycles. The zero-order valence-electron chi connectivity index (χ0n) is 18.0. The number of carboxylic acid groups (broad SMARTS) is 2. The molecule has 0 rings (SSSR count). The molecular weight excluding hydrogens is 522 g/mol. The van der Waals surface area contributed by atoms with E-state index in [0.29, 0.717) is 0 Å². The second kappa shape index (κ2) is 21.8. The Bertz CT molecular complexity index is 515. The van der Waals surface area contributed by atoms with Crippen LogP contribution in [0.15, 0.2) is 0 Å². The van der Waals surface area contributed by atoms with Crippen molar-refractivity contribution in [1.29, 1.82) is 0 Å². The molecule has 0 radical (unpaired) electrons. The van der Waals surface area contributed by atoms with Crippen molar-refractivity contribution in [2.45, 2.75) is 103 Å². The molecule has 0 fully saturated rings. The molecule has 0 aliphatic heterocycles. The van der Waals surface area contributed by atoms with Crippen LogP contribution in [0.3, 0.4) is 0 Å². The van der Waals surface area contributed by atoms with E-state index >= 15 is 0 Å². The standard InChI is InChI=1S/C15H30I.C4H6O7S.Na/c1-3-5-7-8-9-10-12-14-15(16)13-11-6-4-2;5-3(6)1-2(4(7)8)12(9,10)11;/h3-14H2,1-2H3;2H,1H2,(H,5,6)(H,7,8)(H,9,10,11);/q-1;;+1. The third kappa shape index (κ3) is 24.7. The molecule has 0 amide bonds. The van der Waals surface area contributed by atoms with Gasteiger partial charge in [-0.1, -0.05) is 78.1 Å². The van der Waals surface area contributed by atoms with Crippen LogP contribution in [0.1, 0.15) is 97.3 Å². The number of carboxylic acids is 2. The smallest absolute Gasteiger partial charge is 0.481 e. The first-order chi connectivity index (χ1) is 13.1. The topological polar surface area (TPSA) is 129 Å². The SMILES string of the molecule is CCCCCCCCC[C-](I)CCCCC.O=C(O)CC(C(=O)O)S(=O)(=O)O.[Na+]. The summed E-state index contributed by atoms with van der Waals surface area (Å²) < 4.78 is 30.4. The van der Waals surface area contributed by atoms with Crippen LogP contribution in [0.2, 0.25) is 0 Å². The van der Waals surface area contributed by atoms with Gasteiger partial charge in [0, 0.05) is 0 Å². The average molecular weight is 558 g/mol. The molecule has 0 spiro atoms. The van der Waals surface area contributed by atoms with E-state index in [2.05, 4.69) is 36.4 Å². The molecular formula is C19H36INaO7S. The summed E-state index contributed by atoms with van der Waals surface area (Å²) in [5.74, 6) is -3.50. The first-order valence-electron chi connectivity index (χ1n) is 9.97. The summed E-state index contributed by atoms with van der Waals surface area (Å²) in [6, 6.07) is 0. The predicted octanol–water partition coefficient (Wildman–Crippen LogP) is 2.48. The zero-order chi connectivity index (χ0) is 22.0. The molecule has 0 aromatic heterocycles. The number of halogens is 1. The van der Waals surface area contributed by atoms with Crippen LogP contribution >= 0.6 is 22.6 Å². The van der Waals surface area contributed by atoms with Gasteiger partial charge < -0.3 is 32.8 Å². The van der Waals surface area contributed by atoms with E-state index < -0.39 is 33.7 Å². The second-order valence-electron chi connectivity index (χ2n) is 6.79. The molecule has 0 aliphatic rings. The van der Waals surface area contributed by atoms with Gasteiger partial charge in [-0.3, -0.25) is 18.1 Å². The Labute approximate surface area is 212 Å². The van der Waals surface area contributed by atoms with E-state index in [1.165, 1.54) is 77.0 Å². The van der Waals surface area contributed by atoms with E-state index in [-0.39, 0.29) is 29.6 Å². The van der Waals surface area contributed by atoms with Crippen LogP contribution in [0.4, 0.5) is 0 Å². The van der Waals surface area contributed by atoms with Crippen molar-refractivity contribution in [1.82, 2.24) is 0 Å². The minimum Gasteiger partial charge on any atom is -0.481 e. The number of carbonyl (C=O) groups is 2. The van der Waals surface area contributed by atoms with Crippen LogP contribution in [-0.2, 0) is 19.7 Å². The number of hydrogen-bond donors (Lipinski definition) is 3. The Balaban J connectivity index is -0.000000468. The Morgan fingerprint density at radius 3 is 1.59 bits per heavy atom. The third-order valence-corrected chi connectivity index (χ3v) is 6.26. The van der Waals surface area contributed by atoms with Crippen molar-refractivity contribution in [3.8, 4) is 0 Å². The molecule has 0 bridgehead atoms. The van der Waals surface area contributed by atoms with Crippen molar-refractivity contribution >= 4 is 44.6 Å². The molecule has 0 aromatic rings. The Morgan fingerprint density at radius 1 is 0.862 bits per heavy atom. The van der Waals surface area contributed by atoms with Gasteiger partial charge in [-0.25, -0.2) is 0 Å². The molecule has 0 saturated carbocycles. The predicted molar refractivity (Wildman–Crippen MR) is 119 cm³/mol. The molecule has 0 aromatic carbocycles. The summed E-state index contributed by atoms with van der Waals surface area (Å²) in [5.41, 5.74) is 0. The van der Waals surface area contributed by atoms with Crippen LogP contribution in [-0.4, -0.2) is 40.4 Å². The zero-order valence-corrected chi connectivity index (χ0v) is 23.0. The molecule has 10 heteroatoms. The maximum atomic E-state index is 10.2. The van der Waals surface area contributed by atoms with Crippen LogP contribution in [0.5, 0.6) is 0 Å². The summed E-state index contributed by atoms with van der Waals surface area (Å²) in [6.07, 6.45) is 15.8. The van der Waals surface area contributed by atoms with Gasteiger partial charge in [0.25, 0.3) is 10.1 Å². The summed E-state index contributed by atoms with van der Waals surface area (Å²) in [7, 11) is -4.84. The van der Waals surface area contributed by atoms with Gasteiger partial charge in [-0.05, 0) is 0 Å². The van der Waals surface area contributed by atoms with Gasteiger partial charge in [0.1, 0.15) is 0 Å². The van der Waals surface area contributed by atoms with E-state index in [9.17, 15) is 18.0 Å². The minimum atomic E-state index is -4.84. The quantitative estimate of drug-likeness (QED) is 0.0873.